The molecule has 1 aliphatic heterocycles. The number of rotatable bonds is 6. The molecule has 0 spiro atoms. The minimum absolute atomic E-state index is 0.0742. The molecular weight excluding hydrogens is 345 g/mol. The molecule has 1 aliphatic rings. The van der Waals surface area contributed by atoms with Crippen LogP contribution in [-0.4, -0.2) is 41.8 Å². The number of aromatic nitrogens is 2. The molecule has 1 aromatic heterocycles. The summed E-state index contributed by atoms with van der Waals surface area (Å²) in [6.07, 6.45) is 2.64. The van der Waals surface area contributed by atoms with E-state index >= 15 is 0 Å². The lowest BCUT2D eigenvalue weighted by molar-refractivity contribution is 0.281. The summed E-state index contributed by atoms with van der Waals surface area (Å²) >= 11 is 0. The van der Waals surface area contributed by atoms with Crippen molar-refractivity contribution < 1.29 is 17.2 Å². The van der Waals surface area contributed by atoms with Crippen LogP contribution in [0.1, 0.15) is 49.4 Å². The zero-order valence-electron chi connectivity index (χ0n) is 14.2. The standard InChI is InChI=1S/C17H22FN3O3S/c1-2-10-25(22,23)21-9-3-4-14(12-21)17-20-19-16(24-17)11-13-5-7-15(18)8-6-13/h5-8,14H,2-4,9-12H2,1H3/t14-/m0/s1. The molecule has 0 amide bonds. The summed E-state index contributed by atoms with van der Waals surface area (Å²) in [5.74, 6) is 0.739. The number of benzene rings is 1. The summed E-state index contributed by atoms with van der Waals surface area (Å²) in [7, 11) is -3.21. The number of hydrogen-bond donors (Lipinski definition) is 0. The Morgan fingerprint density at radius 3 is 2.76 bits per heavy atom. The number of sulfonamides is 1. The summed E-state index contributed by atoms with van der Waals surface area (Å²) in [6, 6.07) is 6.15. The minimum Gasteiger partial charge on any atom is -0.425 e. The molecule has 0 saturated carbocycles. The molecule has 0 bridgehead atoms. The highest BCUT2D eigenvalue weighted by Crippen LogP contribution is 2.28. The number of piperidine rings is 1. The van der Waals surface area contributed by atoms with Gasteiger partial charge in [0.25, 0.3) is 0 Å². The lowest BCUT2D eigenvalue weighted by Crippen LogP contribution is -2.40. The van der Waals surface area contributed by atoms with Crippen LogP contribution in [0.2, 0.25) is 0 Å². The molecule has 25 heavy (non-hydrogen) atoms. The third kappa shape index (κ3) is 4.43. The Hall–Kier alpha value is -1.80. The van der Waals surface area contributed by atoms with Crippen LogP contribution in [-0.2, 0) is 16.4 Å². The smallest absolute Gasteiger partial charge is 0.220 e. The first kappa shape index (κ1) is 18.0. The molecule has 2 aromatic rings. The van der Waals surface area contributed by atoms with Gasteiger partial charge in [0.1, 0.15) is 5.82 Å². The van der Waals surface area contributed by atoms with E-state index in [-0.39, 0.29) is 17.5 Å². The molecule has 2 heterocycles. The van der Waals surface area contributed by atoms with E-state index in [0.717, 1.165) is 18.4 Å². The number of nitrogens with zero attached hydrogens (tertiary/aromatic N) is 3. The lowest BCUT2D eigenvalue weighted by Gasteiger charge is -2.30. The van der Waals surface area contributed by atoms with Gasteiger partial charge in [0, 0.05) is 13.1 Å². The molecule has 6 nitrogen and oxygen atoms in total. The van der Waals surface area contributed by atoms with E-state index in [0.29, 0.717) is 37.7 Å². The van der Waals surface area contributed by atoms with Crippen LogP contribution in [0.25, 0.3) is 0 Å². The maximum Gasteiger partial charge on any atom is 0.220 e. The molecule has 8 heteroatoms. The van der Waals surface area contributed by atoms with E-state index in [1.165, 1.54) is 16.4 Å². The number of halogens is 1. The second-order valence-electron chi connectivity index (χ2n) is 6.35. The average Bonchev–Trinajstić information content (AvgIpc) is 3.06. The van der Waals surface area contributed by atoms with Gasteiger partial charge in [-0.1, -0.05) is 19.1 Å². The van der Waals surface area contributed by atoms with Crippen molar-refractivity contribution in [3.05, 3.63) is 47.4 Å². The van der Waals surface area contributed by atoms with Crippen molar-refractivity contribution in [3.8, 4) is 0 Å². The zero-order valence-corrected chi connectivity index (χ0v) is 15.0. The first-order chi connectivity index (χ1) is 12.0. The van der Waals surface area contributed by atoms with Crippen LogP contribution in [0.3, 0.4) is 0 Å². The quantitative estimate of drug-likeness (QED) is 0.785. The normalized spacial score (nSPS) is 19.2. The van der Waals surface area contributed by atoms with Gasteiger partial charge in [-0.05, 0) is 37.0 Å². The zero-order chi connectivity index (χ0) is 17.9. The Balaban J connectivity index is 1.68. The van der Waals surface area contributed by atoms with Crippen LogP contribution in [0, 0.1) is 5.82 Å². The van der Waals surface area contributed by atoms with Crippen LogP contribution in [0.4, 0.5) is 4.39 Å². The van der Waals surface area contributed by atoms with Gasteiger partial charge in [-0.25, -0.2) is 17.1 Å². The van der Waals surface area contributed by atoms with Gasteiger partial charge >= 0.3 is 0 Å². The van der Waals surface area contributed by atoms with Gasteiger partial charge in [0.15, 0.2) is 0 Å². The second-order valence-corrected chi connectivity index (χ2v) is 8.44. The monoisotopic (exact) mass is 367 g/mol. The molecule has 0 aliphatic carbocycles. The van der Waals surface area contributed by atoms with Gasteiger partial charge in [0.2, 0.25) is 21.8 Å². The fourth-order valence-electron chi connectivity index (χ4n) is 3.06. The topological polar surface area (TPSA) is 76.3 Å². The molecule has 0 radical (unpaired) electrons. The van der Waals surface area contributed by atoms with E-state index in [1.54, 1.807) is 12.1 Å². The molecular formula is C17H22FN3O3S. The highest BCUT2D eigenvalue weighted by Gasteiger charge is 2.31. The molecule has 3 rings (SSSR count). The Labute approximate surface area is 147 Å². The first-order valence-corrected chi connectivity index (χ1v) is 10.1. The van der Waals surface area contributed by atoms with Gasteiger partial charge in [-0.15, -0.1) is 10.2 Å². The van der Waals surface area contributed by atoms with Crippen molar-refractivity contribution in [1.82, 2.24) is 14.5 Å². The van der Waals surface area contributed by atoms with E-state index in [4.69, 9.17) is 4.42 Å². The third-order valence-electron chi connectivity index (χ3n) is 4.34. The molecule has 0 N–H and O–H groups in total. The maximum absolute atomic E-state index is 13.0. The van der Waals surface area contributed by atoms with Crippen molar-refractivity contribution in [2.24, 2.45) is 0 Å². The van der Waals surface area contributed by atoms with Gasteiger partial charge in [-0.2, -0.15) is 0 Å². The van der Waals surface area contributed by atoms with Crippen LogP contribution in [0.15, 0.2) is 28.7 Å². The highest BCUT2D eigenvalue weighted by molar-refractivity contribution is 7.89. The van der Waals surface area contributed by atoms with Crippen molar-refractivity contribution in [2.75, 3.05) is 18.8 Å². The molecule has 136 valence electrons. The SMILES string of the molecule is CCCS(=O)(=O)N1CCC[C@H](c2nnc(Cc3ccc(F)cc3)o2)C1. The predicted molar refractivity (Wildman–Crippen MR) is 91.1 cm³/mol. The molecule has 0 unspecified atom stereocenters. The summed E-state index contributed by atoms with van der Waals surface area (Å²) in [6.45, 7) is 2.80. The van der Waals surface area contributed by atoms with E-state index in [9.17, 15) is 12.8 Å². The third-order valence-corrected chi connectivity index (χ3v) is 6.38. The Bertz CT molecular complexity index is 805. The fraction of sp³-hybridized carbons (Fsp3) is 0.529. The summed E-state index contributed by atoms with van der Waals surface area (Å²) in [5, 5.41) is 8.16. The molecule has 1 atom stereocenters. The maximum atomic E-state index is 13.0. The minimum atomic E-state index is -3.21. The average molecular weight is 367 g/mol. The highest BCUT2D eigenvalue weighted by atomic mass is 32.2. The second kappa shape index (κ2) is 7.61. The van der Waals surface area contributed by atoms with Crippen molar-refractivity contribution >= 4 is 10.0 Å². The Kier molecular flexibility index (Phi) is 5.48. The number of hydrogen-bond acceptors (Lipinski definition) is 5. The summed E-state index contributed by atoms with van der Waals surface area (Å²) < 4.78 is 44.8. The lowest BCUT2D eigenvalue weighted by atomic mass is 10.00. The fourth-order valence-corrected chi connectivity index (χ4v) is 4.65. The first-order valence-electron chi connectivity index (χ1n) is 8.52. The van der Waals surface area contributed by atoms with Gasteiger partial charge < -0.3 is 4.42 Å². The van der Waals surface area contributed by atoms with Crippen molar-refractivity contribution in [3.63, 3.8) is 0 Å². The Morgan fingerprint density at radius 1 is 1.28 bits per heavy atom. The van der Waals surface area contributed by atoms with Crippen LogP contribution < -0.4 is 0 Å². The molecule has 1 aromatic carbocycles. The largest absolute Gasteiger partial charge is 0.425 e. The van der Waals surface area contributed by atoms with Gasteiger partial charge in [-0.3, -0.25) is 0 Å². The van der Waals surface area contributed by atoms with Crippen molar-refractivity contribution in [2.45, 2.75) is 38.5 Å². The van der Waals surface area contributed by atoms with Crippen molar-refractivity contribution in [1.29, 1.82) is 0 Å². The van der Waals surface area contributed by atoms with Crippen LogP contribution in [0.5, 0.6) is 0 Å². The Morgan fingerprint density at radius 2 is 2.04 bits per heavy atom. The van der Waals surface area contributed by atoms with E-state index in [2.05, 4.69) is 10.2 Å². The predicted octanol–water partition coefficient (Wildman–Crippen LogP) is 2.72. The van der Waals surface area contributed by atoms with E-state index in [1.807, 2.05) is 6.92 Å². The molecule has 1 saturated heterocycles. The molecule has 1 fully saturated rings. The van der Waals surface area contributed by atoms with Gasteiger partial charge in [0.05, 0.1) is 18.1 Å². The van der Waals surface area contributed by atoms with E-state index < -0.39 is 10.0 Å². The van der Waals surface area contributed by atoms with Crippen LogP contribution >= 0.6 is 0 Å². The summed E-state index contributed by atoms with van der Waals surface area (Å²) in [4.78, 5) is 0. The summed E-state index contributed by atoms with van der Waals surface area (Å²) in [5.41, 5.74) is 0.882.